The largest absolute Gasteiger partial charge is 0.469 e. The minimum atomic E-state index is 0.00103. The second-order valence-corrected chi connectivity index (χ2v) is 6.94. The number of thiophene rings is 1. The first-order valence-electron chi connectivity index (χ1n) is 5.72. The Morgan fingerprint density at radius 3 is 3.06 bits per heavy atom. The predicted molar refractivity (Wildman–Crippen MR) is 81.0 cm³/mol. The lowest BCUT2D eigenvalue weighted by Crippen LogP contribution is -2.32. The van der Waals surface area contributed by atoms with Gasteiger partial charge in [0.25, 0.3) is 5.91 Å². The molecule has 2 aromatic rings. The molecule has 1 unspecified atom stereocenters. The Hall–Kier alpha value is -0.820. The number of amides is 1. The third-order valence-corrected chi connectivity index (χ3v) is 4.40. The van der Waals surface area contributed by atoms with Gasteiger partial charge in [0.2, 0.25) is 0 Å². The van der Waals surface area contributed by atoms with Gasteiger partial charge in [0.05, 0.1) is 14.7 Å². The Bertz CT molecular complexity index is 507. The summed E-state index contributed by atoms with van der Waals surface area (Å²) in [4.78, 5) is 11.9. The predicted octanol–water partition coefficient (Wildman–Crippen LogP) is 3.70. The van der Waals surface area contributed by atoms with Gasteiger partial charge < -0.3 is 9.73 Å². The third-order valence-electron chi connectivity index (χ3n) is 2.61. The topological polar surface area (TPSA) is 42.2 Å². The molecule has 1 amide bonds. The summed E-state index contributed by atoms with van der Waals surface area (Å²) in [6.07, 6.45) is 3.39. The molecule has 0 aromatic carbocycles. The Kier molecular flexibility index (Phi) is 4.82. The molecule has 18 heavy (non-hydrogen) atoms. The fourth-order valence-corrected chi connectivity index (χ4v) is 2.95. The van der Waals surface area contributed by atoms with Gasteiger partial charge in [-0.2, -0.15) is 0 Å². The quantitative estimate of drug-likeness (QED) is 0.810. The van der Waals surface area contributed by atoms with Gasteiger partial charge in [-0.25, -0.2) is 0 Å². The minimum absolute atomic E-state index is 0.00103. The second-order valence-electron chi connectivity index (χ2n) is 4.13. The molecule has 0 aliphatic carbocycles. The van der Waals surface area contributed by atoms with Gasteiger partial charge in [-0.1, -0.05) is 0 Å². The number of hydrogen-bond acceptors (Lipinski definition) is 3. The molecule has 2 rings (SSSR count). The number of aryl methyl sites for hydroxylation is 1. The van der Waals surface area contributed by atoms with E-state index in [0.717, 1.165) is 27.0 Å². The average Bonchev–Trinajstić information content (AvgIpc) is 2.97. The van der Waals surface area contributed by atoms with E-state index in [1.54, 1.807) is 17.6 Å². The molecule has 1 N–H and O–H groups in total. The fourth-order valence-electron chi connectivity index (χ4n) is 1.62. The summed E-state index contributed by atoms with van der Waals surface area (Å²) in [5.74, 6) is 0.960. The molecular weight excluding hydrogens is 361 g/mol. The van der Waals surface area contributed by atoms with E-state index in [4.69, 9.17) is 4.42 Å². The van der Waals surface area contributed by atoms with Gasteiger partial charge >= 0.3 is 0 Å². The Labute approximate surface area is 124 Å². The molecule has 5 heteroatoms. The fraction of sp³-hybridized carbons (Fsp3) is 0.308. The van der Waals surface area contributed by atoms with E-state index in [9.17, 15) is 4.79 Å². The summed E-state index contributed by atoms with van der Waals surface area (Å²) in [5, 5.41) is 4.88. The summed E-state index contributed by atoms with van der Waals surface area (Å²) in [6, 6.07) is 5.88. The molecule has 0 saturated heterocycles. The normalized spacial score (nSPS) is 12.3. The zero-order valence-electron chi connectivity index (χ0n) is 9.98. The third kappa shape index (κ3) is 3.84. The average molecular weight is 375 g/mol. The molecule has 2 aromatic heterocycles. The van der Waals surface area contributed by atoms with Crippen molar-refractivity contribution in [2.75, 3.05) is 0 Å². The number of carbonyl (C=O) groups is 1. The van der Waals surface area contributed by atoms with Gasteiger partial charge in [0, 0.05) is 17.8 Å². The van der Waals surface area contributed by atoms with Crippen LogP contribution in [0.5, 0.6) is 0 Å². The van der Waals surface area contributed by atoms with Crippen LogP contribution in [0.2, 0.25) is 0 Å². The number of carbonyl (C=O) groups excluding carboxylic acids is 1. The second kappa shape index (κ2) is 6.38. The van der Waals surface area contributed by atoms with Crippen LogP contribution in [0.3, 0.4) is 0 Å². The number of halogens is 1. The number of rotatable bonds is 5. The zero-order chi connectivity index (χ0) is 13.0. The first kappa shape index (κ1) is 13.6. The lowest BCUT2D eigenvalue weighted by atomic mass is 10.1. The summed E-state index contributed by atoms with van der Waals surface area (Å²) in [5.41, 5.74) is 0.745. The monoisotopic (exact) mass is 375 g/mol. The van der Waals surface area contributed by atoms with Gasteiger partial charge in [0.1, 0.15) is 5.76 Å². The van der Waals surface area contributed by atoms with Crippen LogP contribution < -0.4 is 5.32 Å². The summed E-state index contributed by atoms with van der Waals surface area (Å²) >= 11 is 3.80. The number of hydrogen-bond donors (Lipinski definition) is 1. The summed E-state index contributed by atoms with van der Waals surface area (Å²) in [6.45, 7) is 2.01. The molecular formula is C13H14INO2S. The summed E-state index contributed by atoms with van der Waals surface area (Å²) in [7, 11) is 0. The first-order valence-corrected chi connectivity index (χ1v) is 7.68. The highest BCUT2D eigenvalue weighted by Crippen LogP contribution is 2.16. The van der Waals surface area contributed by atoms with Crippen LogP contribution in [-0.2, 0) is 6.42 Å². The van der Waals surface area contributed by atoms with Crippen molar-refractivity contribution in [3.8, 4) is 0 Å². The van der Waals surface area contributed by atoms with Crippen molar-refractivity contribution in [3.63, 3.8) is 0 Å². The van der Waals surface area contributed by atoms with Crippen molar-refractivity contribution in [2.45, 2.75) is 25.8 Å². The Morgan fingerprint density at radius 1 is 1.61 bits per heavy atom. The van der Waals surface area contributed by atoms with E-state index in [1.807, 2.05) is 30.5 Å². The molecule has 0 fully saturated rings. The van der Waals surface area contributed by atoms with Crippen LogP contribution in [0.1, 0.15) is 29.5 Å². The van der Waals surface area contributed by atoms with Crippen LogP contribution in [0.15, 0.2) is 34.3 Å². The van der Waals surface area contributed by atoms with Crippen LogP contribution >= 0.6 is 33.9 Å². The Morgan fingerprint density at radius 2 is 2.44 bits per heavy atom. The van der Waals surface area contributed by atoms with E-state index in [1.165, 1.54) is 0 Å². The molecule has 3 nitrogen and oxygen atoms in total. The van der Waals surface area contributed by atoms with Crippen molar-refractivity contribution in [1.82, 2.24) is 5.32 Å². The number of nitrogens with one attached hydrogen (secondary N) is 1. The van der Waals surface area contributed by atoms with Crippen LogP contribution in [0.4, 0.5) is 0 Å². The van der Waals surface area contributed by atoms with Crippen LogP contribution in [0, 0.1) is 2.88 Å². The minimum Gasteiger partial charge on any atom is -0.469 e. The highest BCUT2D eigenvalue weighted by Gasteiger charge is 2.11. The maximum Gasteiger partial charge on any atom is 0.252 e. The van der Waals surface area contributed by atoms with Gasteiger partial charge in [-0.05, 0) is 54.1 Å². The molecule has 2 heterocycles. The molecule has 0 aliphatic heterocycles. The molecule has 96 valence electrons. The summed E-state index contributed by atoms with van der Waals surface area (Å²) < 4.78 is 6.39. The van der Waals surface area contributed by atoms with Gasteiger partial charge in [0.15, 0.2) is 0 Å². The molecule has 0 bridgehead atoms. The lowest BCUT2D eigenvalue weighted by Gasteiger charge is -2.12. The van der Waals surface area contributed by atoms with E-state index in [0.29, 0.717) is 0 Å². The molecule has 0 radical (unpaired) electrons. The van der Waals surface area contributed by atoms with E-state index < -0.39 is 0 Å². The van der Waals surface area contributed by atoms with Crippen molar-refractivity contribution in [2.24, 2.45) is 0 Å². The first-order chi connectivity index (χ1) is 8.65. The highest BCUT2D eigenvalue weighted by atomic mass is 127. The molecule has 0 aliphatic rings. The van der Waals surface area contributed by atoms with Gasteiger partial charge in [-0.15, -0.1) is 11.3 Å². The molecule has 1 atom stereocenters. The van der Waals surface area contributed by atoms with E-state index in [2.05, 4.69) is 27.9 Å². The highest BCUT2D eigenvalue weighted by molar-refractivity contribution is 14.1. The zero-order valence-corrected chi connectivity index (χ0v) is 13.0. The Balaban J connectivity index is 1.80. The van der Waals surface area contributed by atoms with E-state index in [-0.39, 0.29) is 11.9 Å². The molecule has 0 spiro atoms. The van der Waals surface area contributed by atoms with Crippen molar-refractivity contribution < 1.29 is 9.21 Å². The SMILES string of the molecule is CC(CCc1ccco1)NC(=O)c1csc(I)c1. The van der Waals surface area contributed by atoms with Gasteiger partial charge in [-0.3, -0.25) is 4.79 Å². The lowest BCUT2D eigenvalue weighted by molar-refractivity contribution is 0.0938. The van der Waals surface area contributed by atoms with Crippen LogP contribution in [0.25, 0.3) is 0 Å². The number of furan rings is 1. The van der Waals surface area contributed by atoms with Crippen molar-refractivity contribution >= 4 is 39.8 Å². The van der Waals surface area contributed by atoms with E-state index >= 15 is 0 Å². The maximum atomic E-state index is 11.9. The van der Waals surface area contributed by atoms with Crippen LogP contribution in [-0.4, -0.2) is 11.9 Å². The van der Waals surface area contributed by atoms with Crippen molar-refractivity contribution in [1.29, 1.82) is 0 Å². The van der Waals surface area contributed by atoms with Crippen molar-refractivity contribution in [3.05, 3.63) is 44.0 Å². The maximum absolute atomic E-state index is 11.9. The standard InChI is InChI=1S/C13H14INO2S/c1-9(4-5-11-3-2-6-17-11)15-13(16)10-7-12(14)18-8-10/h2-3,6-9H,4-5H2,1H3,(H,15,16). The molecule has 0 saturated carbocycles. The smallest absolute Gasteiger partial charge is 0.252 e.